The lowest BCUT2D eigenvalue weighted by Gasteiger charge is -2.43. The van der Waals surface area contributed by atoms with Crippen molar-refractivity contribution < 1.29 is 18.7 Å². The Labute approximate surface area is 277 Å². The first-order valence-corrected chi connectivity index (χ1v) is 16.3. The summed E-state index contributed by atoms with van der Waals surface area (Å²) in [4.78, 5) is 32.3. The van der Waals surface area contributed by atoms with Crippen LogP contribution in [0.4, 0.5) is 21.7 Å². The van der Waals surface area contributed by atoms with Crippen molar-refractivity contribution in [1.82, 2.24) is 34.9 Å². The van der Waals surface area contributed by atoms with Gasteiger partial charge in [0.1, 0.15) is 29.9 Å². The first-order chi connectivity index (χ1) is 23.5. The number of benzene rings is 2. The molecule has 14 heteroatoms. The molecule has 0 bridgehead atoms. The minimum atomic E-state index is -1.42. The van der Waals surface area contributed by atoms with Gasteiger partial charge in [-0.25, -0.2) is 14.4 Å². The molecule has 13 nitrogen and oxygen atoms in total. The molecule has 0 saturated carbocycles. The topological polar surface area (TPSA) is 148 Å². The Balaban J connectivity index is 0.960. The first kappa shape index (κ1) is 31.5. The first-order valence-electron chi connectivity index (χ1n) is 16.3. The SMILES string of the molecule is CCc1cc(C(=O)N2CC[C@H](Oc3ccc(-c4ncnc(Nc5ccc(N6CCN(C7COC7)CC6)cc5)n4)cc3C#N)[C@H](F)C2)[nH]n1. The minimum Gasteiger partial charge on any atom is -0.486 e. The molecule has 0 radical (unpaired) electrons. The quantitative estimate of drug-likeness (QED) is 0.273. The second-order valence-corrected chi connectivity index (χ2v) is 12.2. The number of ether oxygens (including phenoxy) is 2. The number of piperidine rings is 1. The molecular weight excluding hydrogens is 615 g/mol. The highest BCUT2D eigenvalue weighted by atomic mass is 19.1. The summed E-state index contributed by atoms with van der Waals surface area (Å²) in [6.45, 7) is 7.88. The van der Waals surface area contributed by atoms with Crippen molar-refractivity contribution in [2.75, 3.05) is 62.7 Å². The summed E-state index contributed by atoms with van der Waals surface area (Å²) in [6, 6.07) is 17.6. The fourth-order valence-corrected chi connectivity index (χ4v) is 6.21. The predicted octanol–water partition coefficient (Wildman–Crippen LogP) is 3.59. The molecule has 2 aromatic carbocycles. The van der Waals surface area contributed by atoms with Crippen LogP contribution >= 0.6 is 0 Å². The number of halogens is 1. The molecule has 0 spiro atoms. The average molecular weight is 653 g/mol. The van der Waals surface area contributed by atoms with Crippen LogP contribution in [0.2, 0.25) is 0 Å². The van der Waals surface area contributed by atoms with Crippen molar-refractivity contribution in [3.05, 3.63) is 71.8 Å². The summed E-state index contributed by atoms with van der Waals surface area (Å²) in [7, 11) is 0. The summed E-state index contributed by atoms with van der Waals surface area (Å²) in [5.41, 5.74) is 3.95. The molecule has 5 heterocycles. The molecule has 7 rings (SSSR count). The fourth-order valence-electron chi connectivity index (χ4n) is 6.21. The number of hydrogen-bond acceptors (Lipinski definition) is 11. The summed E-state index contributed by atoms with van der Waals surface area (Å²) >= 11 is 0. The third-order valence-electron chi connectivity index (χ3n) is 9.14. The molecule has 0 unspecified atom stereocenters. The summed E-state index contributed by atoms with van der Waals surface area (Å²) in [5, 5.41) is 20.0. The number of H-pyrrole nitrogens is 1. The van der Waals surface area contributed by atoms with Crippen molar-refractivity contribution >= 4 is 23.2 Å². The average Bonchev–Trinajstić information content (AvgIpc) is 3.59. The zero-order chi connectivity index (χ0) is 33.0. The van der Waals surface area contributed by atoms with E-state index in [9.17, 15) is 10.1 Å². The highest BCUT2D eigenvalue weighted by Crippen LogP contribution is 2.29. The number of rotatable bonds is 9. The summed E-state index contributed by atoms with van der Waals surface area (Å²) in [6.07, 6.45) is 0.168. The highest BCUT2D eigenvalue weighted by Gasteiger charge is 2.34. The van der Waals surface area contributed by atoms with Gasteiger partial charge in [0.2, 0.25) is 5.95 Å². The maximum absolute atomic E-state index is 15.2. The van der Waals surface area contributed by atoms with Crippen molar-refractivity contribution in [1.29, 1.82) is 5.26 Å². The van der Waals surface area contributed by atoms with Gasteiger partial charge in [-0.3, -0.25) is 14.8 Å². The molecule has 48 heavy (non-hydrogen) atoms. The molecule has 3 aliphatic rings. The van der Waals surface area contributed by atoms with E-state index in [1.807, 2.05) is 19.1 Å². The van der Waals surface area contributed by atoms with Crippen LogP contribution in [0.25, 0.3) is 11.4 Å². The lowest BCUT2D eigenvalue weighted by atomic mass is 10.0. The zero-order valence-electron chi connectivity index (χ0n) is 26.7. The summed E-state index contributed by atoms with van der Waals surface area (Å²) < 4.78 is 26.6. The zero-order valence-corrected chi connectivity index (χ0v) is 26.7. The number of nitrogens with zero attached hydrogens (tertiary/aromatic N) is 8. The number of amides is 1. The van der Waals surface area contributed by atoms with Gasteiger partial charge in [-0.1, -0.05) is 6.92 Å². The largest absolute Gasteiger partial charge is 0.486 e. The second-order valence-electron chi connectivity index (χ2n) is 12.2. The van der Waals surface area contributed by atoms with E-state index in [1.54, 1.807) is 24.3 Å². The number of hydrogen-bond donors (Lipinski definition) is 2. The maximum atomic E-state index is 15.2. The number of likely N-dealkylation sites (tertiary alicyclic amines) is 1. The number of alkyl halides is 1. The predicted molar refractivity (Wildman–Crippen MR) is 176 cm³/mol. The third kappa shape index (κ3) is 6.78. The molecule has 2 atom stereocenters. The molecule has 1 amide bonds. The minimum absolute atomic E-state index is 0.110. The lowest BCUT2D eigenvalue weighted by Crippen LogP contribution is -2.56. The molecule has 4 aromatic rings. The van der Waals surface area contributed by atoms with E-state index in [2.05, 4.69) is 58.5 Å². The van der Waals surface area contributed by atoms with Gasteiger partial charge in [0, 0.05) is 56.1 Å². The fraction of sp³-hybridized carbons (Fsp3) is 0.412. The second kappa shape index (κ2) is 13.9. The Morgan fingerprint density at radius 3 is 2.60 bits per heavy atom. The van der Waals surface area contributed by atoms with Crippen molar-refractivity contribution in [2.24, 2.45) is 0 Å². The van der Waals surface area contributed by atoms with E-state index in [1.165, 1.54) is 16.9 Å². The molecule has 3 fully saturated rings. The molecular formula is C34H37FN10O3. The molecule has 0 aliphatic carbocycles. The van der Waals surface area contributed by atoms with E-state index in [4.69, 9.17) is 9.47 Å². The van der Waals surface area contributed by atoms with Crippen LogP contribution in [0.15, 0.2) is 54.9 Å². The van der Waals surface area contributed by atoms with E-state index in [0.29, 0.717) is 42.0 Å². The standard InChI is InChI=1S/C34H37FN10O3/c1-2-24-16-29(42-41-24)33(46)45-10-9-31(28(35)18-45)48-30-8-3-22(15-23(30)17-36)32-37-21-38-34(40-32)39-25-4-6-26(7-5-25)43-11-13-44(14-12-43)27-19-47-20-27/h3-8,15-16,21,27-28,31H,2,9-14,18-20H2,1H3,(H,41,42)(H,37,38,39,40)/t28-,31+/m1/s1. The van der Waals surface area contributed by atoms with E-state index in [-0.39, 0.29) is 30.2 Å². The van der Waals surface area contributed by atoms with Gasteiger partial charge in [-0.15, -0.1) is 0 Å². The molecule has 3 saturated heterocycles. The number of piperazine rings is 1. The summed E-state index contributed by atoms with van der Waals surface area (Å²) in [5.74, 6) is 0.714. The van der Waals surface area contributed by atoms with Gasteiger partial charge in [-0.05, 0) is 55.0 Å². The molecule has 248 valence electrons. The number of nitriles is 1. The van der Waals surface area contributed by atoms with Crippen LogP contribution in [0.3, 0.4) is 0 Å². The Hall–Kier alpha value is -5.13. The Morgan fingerprint density at radius 1 is 1.10 bits per heavy atom. The molecule has 2 N–H and O–H groups in total. The van der Waals surface area contributed by atoms with Crippen molar-refractivity contribution in [3.63, 3.8) is 0 Å². The smallest absolute Gasteiger partial charge is 0.271 e. The van der Waals surface area contributed by atoms with Crippen LogP contribution in [0.1, 0.15) is 35.1 Å². The number of carbonyl (C=O) groups excluding carboxylic acids is 1. The van der Waals surface area contributed by atoms with E-state index >= 15 is 4.39 Å². The number of aromatic amines is 1. The van der Waals surface area contributed by atoms with Gasteiger partial charge in [0.25, 0.3) is 5.91 Å². The Bertz CT molecular complexity index is 1780. The lowest BCUT2D eigenvalue weighted by molar-refractivity contribution is -0.0660. The van der Waals surface area contributed by atoms with Gasteiger partial charge in [0.15, 0.2) is 12.0 Å². The normalized spacial score (nSPS) is 20.2. The van der Waals surface area contributed by atoms with E-state index in [0.717, 1.165) is 50.8 Å². The highest BCUT2D eigenvalue weighted by molar-refractivity contribution is 5.92. The number of nitrogens with one attached hydrogen (secondary N) is 2. The third-order valence-corrected chi connectivity index (χ3v) is 9.14. The van der Waals surface area contributed by atoms with Crippen LogP contribution in [-0.4, -0.2) is 112 Å². The molecule has 2 aromatic heterocycles. The van der Waals surface area contributed by atoms with Crippen LogP contribution < -0.4 is 15.0 Å². The van der Waals surface area contributed by atoms with Crippen molar-refractivity contribution in [3.8, 4) is 23.2 Å². The van der Waals surface area contributed by atoms with Crippen LogP contribution in [0.5, 0.6) is 5.75 Å². The van der Waals surface area contributed by atoms with Crippen LogP contribution in [0, 0.1) is 11.3 Å². The van der Waals surface area contributed by atoms with E-state index < -0.39 is 12.3 Å². The number of carbonyl (C=O) groups is 1. The Morgan fingerprint density at radius 2 is 1.92 bits per heavy atom. The van der Waals surface area contributed by atoms with Gasteiger partial charge in [0.05, 0.1) is 37.1 Å². The number of aryl methyl sites for hydroxylation is 1. The number of anilines is 3. The van der Waals surface area contributed by atoms with Crippen molar-refractivity contribution in [2.45, 2.75) is 38.1 Å². The Kier molecular flexibility index (Phi) is 9.13. The van der Waals surface area contributed by atoms with Gasteiger partial charge < -0.3 is 24.6 Å². The number of aromatic nitrogens is 5. The van der Waals surface area contributed by atoms with Crippen LogP contribution in [-0.2, 0) is 11.2 Å². The molecule has 3 aliphatic heterocycles. The van der Waals surface area contributed by atoms with Gasteiger partial charge in [-0.2, -0.15) is 15.3 Å². The monoisotopic (exact) mass is 652 g/mol. The maximum Gasteiger partial charge on any atom is 0.271 e. The van der Waals surface area contributed by atoms with Gasteiger partial charge >= 0.3 is 0 Å².